The maximum Gasteiger partial charge on any atom is 0.416 e. The summed E-state index contributed by atoms with van der Waals surface area (Å²) in [5, 5.41) is 14.2. The van der Waals surface area contributed by atoms with E-state index in [0.717, 1.165) is 23.0 Å². The molecule has 138 valence electrons. The largest absolute Gasteiger partial charge is 0.416 e. The van der Waals surface area contributed by atoms with Gasteiger partial charge in [-0.1, -0.05) is 25.1 Å². The van der Waals surface area contributed by atoms with Crippen LogP contribution in [-0.4, -0.2) is 9.78 Å². The van der Waals surface area contributed by atoms with Crippen LogP contribution in [0.1, 0.15) is 24.5 Å². The number of halogens is 3. The molecule has 1 aromatic heterocycles. The van der Waals surface area contributed by atoms with Crippen LogP contribution in [-0.2, 0) is 11.7 Å². The molecule has 0 radical (unpaired) electrons. The van der Waals surface area contributed by atoms with Crippen molar-refractivity contribution >= 4 is 16.6 Å². The third-order valence-electron chi connectivity index (χ3n) is 4.71. The summed E-state index contributed by atoms with van der Waals surface area (Å²) < 4.78 is 40.5. The fourth-order valence-electron chi connectivity index (χ4n) is 3.28. The molecule has 3 aromatic rings. The van der Waals surface area contributed by atoms with Crippen molar-refractivity contribution in [2.75, 3.05) is 5.73 Å². The molecule has 27 heavy (non-hydrogen) atoms. The van der Waals surface area contributed by atoms with Crippen molar-refractivity contribution in [3.63, 3.8) is 0 Å². The molecule has 0 aliphatic carbocycles. The van der Waals surface area contributed by atoms with E-state index < -0.39 is 17.3 Å². The first-order valence-corrected chi connectivity index (χ1v) is 8.31. The van der Waals surface area contributed by atoms with E-state index >= 15 is 0 Å². The summed E-state index contributed by atoms with van der Waals surface area (Å²) in [5.41, 5.74) is 6.25. The normalized spacial score (nSPS) is 14.3. The molecule has 0 saturated carbocycles. The highest BCUT2D eigenvalue weighted by atomic mass is 19.4. The molecule has 0 saturated heterocycles. The number of nitriles is 1. The Labute approximate surface area is 154 Å². The van der Waals surface area contributed by atoms with Crippen LogP contribution in [0.3, 0.4) is 0 Å². The Morgan fingerprint density at radius 1 is 1.15 bits per heavy atom. The second-order valence-electron chi connectivity index (χ2n) is 6.15. The van der Waals surface area contributed by atoms with E-state index in [1.54, 1.807) is 29.1 Å². The maximum absolute atomic E-state index is 12.9. The van der Waals surface area contributed by atoms with E-state index in [2.05, 4.69) is 5.10 Å². The minimum absolute atomic E-state index is 0.474. The molecule has 0 fully saturated rings. The number of benzene rings is 2. The molecule has 4 nitrogen and oxygen atoms in total. The van der Waals surface area contributed by atoms with Crippen LogP contribution in [0.15, 0.2) is 60.8 Å². The molecular formula is C20H17F3N4. The molecule has 1 heterocycles. The number of nitrogens with two attached hydrogens (primary N) is 1. The van der Waals surface area contributed by atoms with Gasteiger partial charge in [0.05, 0.1) is 23.3 Å². The van der Waals surface area contributed by atoms with Gasteiger partial charge in [-0.3, -0.25) is 4.68 Å². The van der Waals surface area contributed by atoms with E-state index in [-0.39, 0.29) is 0 Å². The quantitative estimate of drug-likeness (QED) is 0.526. The van der Waals surface area contributed by atoms with Gasteiger partial charge in [-0.15, -0.1) is 0 Å². The van der Waals surface area contributed by atoms with Gasteiger partial charge in [-0.2, -0.15) is 23.5 Å². The number of hydrogen-bond donors (Lipinski definition) is 1. The third kappa shape index (κ3) is 3.14. The molecule has 0 spiro atoms. The van der Waals surface area contributed by atoms with E-state index in [4.69, 9.17) is 11.0 Å². The Morgan fingerprint density at radius 3 is 2.41 bits per heavy atom. The Bertz CT molecular complexity index is 1030. The fourth-order valence-corrected chi connectivity index (χ4v) is 3.28. The predicted octanol–water partition coefficient (Wildman–Crippen LogP) is 4.87. The first-order chi connectivity index (χ1) is 12.8. The Morgan fingerprint density at radius 2 is 1.81 bits per heavy atom. The lowest BCUT2D eigenvalue weighted by Gasteiger charge is -2.32. The summed E-state index contributed by atoms with van der Waals surface area (Å²) in [6.07, 6.45) is 0.663. The topological polar surface area (TPSA) is 67.6 Å². The van der Waals surface area contributed by atoms with Crippen molar-refractivity contribution in [1.29, 1.82) is 5.26 Å². The van der Waals surface area contributed by atoms with Gasteiger partial charge in [0.1, 0.15) is 5.54 Å². The van der Waals surface area contributed by atoms with E-state index in [1.165, 1.54) is 18.2 Å². The van der Waals surface area contributed by atoms with Crippen LogP contribution >= 0.6 is 0 Å². The van der Waals surface area contributed by atoms with Crippen molar-refractivity contribution in [1.82, 2.24) is 9.78 Å². The summed E-state index contributed by atoms with van der Waals surface area (Å²) in [5.74, 6) is 0. The molecule has 1 unspecified atom stereocenters. The van der Waals surface area contributed by atoms with Crippen molar-refractivity contribution < 1.29 is 13.2 Å². The molecule has 2 aromatic carbocycles. The molecule has 0 aliphatic heterocycles. The summed E-state index contributed by atoms with van der Waals surface area (Å²) in [4.78, 5) is 0. The van der Waals surface area contributed by atoms with Crippen LogP contribution in [0.2, 0.25) is 0 Å². The summed E-state index contributed by atoms with van der Waals surface area (Å²) in [6.45, 7) is 1.89. The third-order valence-corrected chi connectivity index (χ3v) is 4.71. The van der Waals surface area contributed by atoms with Gasteiger partial charge < -0.3 is 5.73 Å². The smallest absolute Gasteiger partial charge is 0.398 e. The summed E-state index contributed by atoms with van der Waals surface area (Å²) in [7, 11) is 0. The monoisotopic (exact) mass is 370 g/mol. The lowest BCUT2D eigenvalue weighted by Crippen LogP contribution is -2.33. The number of allylic oxidation sites excluding steroid dienone is 2. The summed E-state index contributed by atoms with van der Waals surface area (Å²) in [6, 6.07) is 12.3. The van der Waals surface area contributed by atoms with Crippen LogP contribution < -0.4 is 5.73 Å². The van der Waals surface area contributed by atoms with Gasteiger partial charge in [0.25, 0.3) is 0 Å². The highest BCUT2D eigenvalue weighted by Crippen LogP contribution is 2.37. The second-order valence-corrected chi connectivity index (χ2v) is 6.15. The number of hydrogen-bond acceptors (Lipinski definition) is 3. The molecule has 7 heteroatoms. The minimum Gasteiger partial charge on any atom is -0.398 e. The Kier molecular flexibility index (Phi) is 4.66. The molecule has 0 amide bonds. The highest BCUT2D eigenvalue weighted by Gasteiger charge is 2.34. The Balaban J connectivity index is 2.25. The van der Waals surface area contributed by atoms with Gasteiger partial charge in [0.2, 0.25) is 0 Å². The van der Waals surface area contributed by atoms with Crippen molar-refractivity contribution in [2.45, 2.75) is 25.1 Å². The Hall–Kier alpha value is -3.27. The van der Waals surface area contributed by atoms with E-state index in [0.29, 0.717) is 17.7 Å². The summed E-state index contributed by atoms with van der Waals surface area (Å²) >= 11 is 0. The van der Waals surface area contributed by atoms with Gasteiger partial charge in [-0.05, 0) is 42.3 Å². The fraction of sp³-hybridized carbons (Fsp3) is 0.200. The number of aromatic nitrogens is 2. The lowest BCUT2D eigenvalue weighted by atomic mass is 9.86. The molecular weight excluding hydrogens is 353 g/mol. The van der Waals surface area contributed by atoms with Crippen LogP contribution in [0.25, 0.3) is 10.9 Å². The van der Waals surface area contributed by atoms with Gasteiger partial charge in [0, 0.05) is 17.1 Å². The van der Waals surface area contributed by atoms with Crippen LogP contribution in [0.5, 0.6) is 0 Å². The number of fused-ring (bicyclic) bond motifs is 1. The zero-order chi connectivity index (χ0) is 19.7. The van der Waals surface area contributed by atoms with Crippen molar-refractivity contribution in [2.24, 2.45) is 0 Å². The standard InChI is InChI=1S/C20H17F3N4/c1-2-19(11-4-12-24,14-7-9-15(10-8-14)20(21,22)23)27-18-6-3-5-17(25)16(18)13-26-27/h3-11,13H,2,25H2,1H3. The second kappa shape index (κ2) is 6.80. The van der Waals surface area contributed by atoms with Crippen molar-refractivity contribution in [3.05, 3.63) is 71.9 Å². The van der Waals surface area contributed by atoms with Crippen LogP contribution in [0, 0.1) is 11.3 Å². The SMILES string of the molecule is CCC(C=CC#N)(c1ccc(C(F)(F)F)cc1)n1ncc2c(N)cccc21. The molecule has 2 N–H and O–H groups in total. The molecule has 1 atom stereocenters. The average molecular weight is 370 g/mol. The molecule has 0 bridgehead atoms. The lowest BCUT2D eigenvalue weighted by molar-refractivity contribution is -0.137. The predicted molar refractivity (Wildman–Crippen MR) is 97.7 cm³/mol. The van der Waals surface area contributed by atoms with Crippen molar-refractivity contribution in [3.8, 4) is 6.07 Å². The number of rotatable bonds is 4. The zero-order valence-corrected chi connectivity index (χ0v) is 14.5. The van der Waals surface area contributed by atoms with E-state index in [9.17, 15) is 13.2 Å². The van der Waals surface area contributed by atoms with E-state index in [1.807, 2.05) is 19.1 Å². The van der Waals surface area contributed by atoms with Gasteiger partial charge in [-0.25, -0.2) is 0 Å². The minimum atomic E-state index is -4.41. The number of nitrogens with zero attached hydrogens (tertiary/aromatic N) is 3. The van der Waals surface area contributed by atoms with Gasteiger partial charge in [0.15, 0.2) is 0 Å². The number of anilines is 1. The average Bonchev–Trinajstić information content (AvgIpc) is 3.09. The van der Waals surface area contributed by atoms with Crippen LogP contribution in [0.4, 0.5) is 18.9 Å². The maximum atomic E-state index is 12.9. The number of nitrogen functional groups attached to an aromatic ring is 1. The molecule has 0 aliphatic rings. The zero-order valence-electron chi connectivity index (χ0n) is 14.5. The molecule has 3 rings (SSSR count). The number of alkyl halides is 3. The van der Waals surface area contributed by atoms with Gasteiger partial charge >= 0.3 is 6.18 Å². The first-order valence-electron chi connectivity index (χ1n) is 8.31. The first kappa shape index (κ1) is 18.5. The highest BCUT2D eigenvalue weighted by molar-refractivity contribution is 5.90.